The molecule has 2 aromatic rings. The van der Waals surface area contributed by atoms with Gasteiger partial charge in [0, 0.05) is 10.0 Å². The summed E-state index contributed by atoms with van der Waals surface area (Å²) in [5.41, 5.74) is 3.15. The molecule has 1 aromatic heterocycles. The predicted octanol–water partition coefficient (Wildman–Crippen LogP) is 5.03. The second-order valence-corrected chi connectivity index (χ2v) is 6.21. The Morgan fingerprint density at radius 1 is 1.33 bits per heavy atom. The zero-order valence-electron chi connectivity index (χ0n) is 9.97. The normalized spacial score (nSPS) is 10.7. The van der Waals surface area contributed by atoms with Crippen LogP contribution in [-0.4, -0.2) is 9.97 Å². The first-order chi connectivity index (χ1) is 8.52. The Kier molecular flexibility index (Phi) is 4.61. The molecule has 0 unspecified atom stereocenters. The van der Waals surface area contributed by atoms with E-state index >= 15 is 0 Å². The second kappa shape index (κ2) is 5.84. The molecule has 0 aliphatic heterocycles. The SMILES string of the molecule is CCc1nc(-c2ccc(C)c(Br)c2)nc(Cl)c1I. The highest BCUT2D eigenvalue weighted by molar-refractivity contribution is 14.1. The Morgan fingerprint density at radius 3 is 2.67 bits per heavy atom. The topological polar surface area (TPSA) is 25.8 Å². The molecule has 5 heteroatoms. The number of halogens is 3. The average Bonchev–Trinajstić information content (AvgIpc) is 2.36. The van der Waals surface area contributed by atoms with Crippen LogP contribution in [0.2, 0.25) is 5.15 Å². The van der Waals surface area contributed by atoms with E-state index in [9.17, 15) is 0 Å². The van der Waals surface area contributed by atoms with Crippen LogP contribution < -0.4 is 0 Å². The van der Waals surface area contributed by atoms with Crippen molar-refractivity contribution in [3.63, 3.8) is 0 Å². The number of benzene rings is 1. The van der Waals surface area contributed by atoms with Crippen LogP contribution in [0, 0.1) is 10.5 Å². The predicted molar refractivity (Wildman–Crippen MR) is 87.0 cm³/mol. The third-order valence-corrected chi connectivity index (χ3v) is 5.22. The molecule has 0 radical (unpaired) electrons. The van der Waals surface area contributed by atoms with Gasteiger partial charge in [-0.05, 0) is 47.6 Å². The maximum Gasteiger partial charge on any atom is 0.161 e. The molecule has 0 amide bonds. The molecule has 1 aromatic carbocycles. The Balaban J connectivity index is 2.57. The first kappa shape index (κ1) is 14.2. The summed E-state index contributed by atoms with van der Waals surface area (Å²) in [5, 5.41) is 0.522. The number of rotatable bonds is 2. The lowest BCUT2D eigenvalue weighted by Gasteiger charge is -2.08. The molecule has 1 heterocycles. The van der Waals surface area contributed by atoms with Gasteiger partial charge in [0.1, 0.15) is 5.15 Å². The van der Waals surface area contributed by atoms with Crippen LogP contribution in [-0.2, 0) is 6.42 Å². The molecule has 0 spiro atoms. The van der Waals surface area contributed by atoms with E-state index in [1.807, 2.05) is 25.1 Å². The molecular formula is C13H11BrClIN2. The summed E-state index contributed by atoms with van der Waals surface area (Å²) in [5.74, 6) is 0.679. The van der Waals surface area contributed by atoms with Crippen LogP contribution in [0.15, 0.2) is 22.7 Å². The van der Waals surface area contributed by atoms with Crippen LogP contribution in [0.25, 0.3) is 11.4 Å². The summed E-state index contributed by atoms with van der Waals surface area (Å²) >= 11 is 11.9. The van der Waals surface area contributed by atoms with E-state index < -0.39 is 0 Å². The standard InChI is InChI=1S/C13H11BrClIN2/c1-3-10-11(16)12(15)18-13(17-10)8-5-4-7(2)9(14)6-8/h4-6H,3H2,1-2H3. The second-order valence-electron chi connectivity index (χ2n) is 3.92. The van der Waals surface area contributed by atoms with Gasteiger partial charge in [0.15, 0.2) is 5.82 Å². The smallest absolute Gasteiger partial charge is 0.161 e. The van der Waals surface area contributed by atoms with Crippen molar-refractivity contribution >= 4 is 50.1 Å². The fraction of sp³-hybridized carbons (Fsp3) is 0.231. The molecule has 0 N–H and O–H groups in total. The van der Waals surface area contributed by atoms with Gasteiger partial charge in [-0.1, -0.05) is 46.6 Å². The molecule has 0 atom stereocenters. The third-order valence-electron chi connectivity index (χ3n) is 2.64. The van der Waals surface area contributed by atoms with Crippen molar-refractivity contribution in [3.8, 4) is 11.4 Å². The molecule has 2 nitrogen and oxygen atoms in total. The van der Waals surface area contributed by atoms with Crippen LogP contribution in [0.3, 0.4) is 0 Å². The monoisotopic (exact) mass is 436 g/mol. The van der Waals surface area contributed by atoms with E-state index in [4.69, 9.17) is 11.6 Å². The molecule has 0 saturated carbocycles. The number of aryl methyl sites for hydroxylation is 2. The van der Waals surface area contributed by atoms with Gasteiger partial charge >= 0.3 is 0 Å². The summed E-state index contributed by atoms with van der Waals surface area (Å²) in [6, 6.07) is 6.08. The van der Waals surface area contributed by atoms with Crippen molar-refractivity contribution in [2.75, 3.05) is 0 Å². The Morgan fingerprint density at radius 2 is 2.06 bits per heavy atom. The number of hydrogen-bond acceptors (Lipinski definition) is 2. The van der Waals surface area contributed by atoms with Gasteiger partial charge in [0.2, 0.25) is 0 Å². The van der Waals surface area contributed by atoms with Crippen molar-refractivity contribution < 1.29 is 0 Å². The van der Waals surface area contributed by atoms with Crippen LogP contribution >= 0.6 is 50.1 Å². The van der Waals surface area contributed by atoms with E-state index in [2.05, 4.69) is 55.4 Å². The minimum Gasteiger partial charge on any atom is -0.232 e. The summed E-state index contributed by atoms with van der Waals surface area (Å²) in [6.45, 7) is 4.11. The largest absolute Gasteiger partial charge is 0.232 e. The number of nitrogens with zero attached hydrogens (tertiary/aromatic N) is 2. The van der Waals surface area contributed by atoms with Crippen molar-refractivity contribution in [1.82, 2.24) is 9.97 Å². The molecule has 18 heavy (non-hydrogen) atoms. The summed E-state index contributed by atoms with van der Waals surface area (Å²) in [7, 11) is 0. The van der Waals surface area contributed by atoms with Gasteiger partial charge < -0.3 is 0 Å². The molecule has 0 saturated heterocycles. The molecule has 94 valence electrons. The van der Waals surface area contributed by atoms with Crippen molar-refractivity contribution in [2.45, 2.75) is 20.3 Å². The van der Waals surface area contributed by atoms with Gasteiger partial charge in [-0.25, -0.2) is 9.97 Å². The van der Waals surface area contributed by atoms with Crippen molar-refractivity contribution in [2.24, 2.45) is 0 Å². The fourth-order valence-electron chi connectivity index (χ4n) is 1.56. The highest BCUT2D eigenvalue weighted by Crippen LogP contribution is 2.27. The summed E-state index contributed by atoms with van der Waals surface area (Å²) < 4.78 is 1.99. The Hall–Kier alpha value is -0.200. The third kappa shape index (κ3) is 2.86. The zero-order valence-corrected chi connectivity index (χ0v) is 14.5. The summed E-state index contributed by atoms with van der Waals surface area (Å²) in [4.78, 5) is 8.92. The number of aromatic nitrogens is 2. The molecule has 0 aliphatic rings. The van der Waals surface area contributed by atoms with Crippen molar-refractivity contribution in [3.05, 3.63) is 42.7 Å². The van der Waals surface area contributed by atoms with Gasteiger partial charge in [0.25, 0.3) is 0 Å². The fourth-order valence-corrected chi connectivity index (χ4v) is 2.75. The zero-order chi connectivity index (χ0) is 13.3. The Labute approximate surface area is 133 Å². The van der Waals surface area contributed by atoms with Gasteiger partial charge in [-0.3, -0.25) is 0 Å². The van der Waals surface area contributed by atoms with E-state index in [1.54, 1.807) is 0 Å². The van der Waals surface area contributed by atoms with Gasteiger partial charge in [-0.2, -0.15) is 0 Å². The average molecular weight is 438 g/mol. The van der Waals surface area contributed by atoms with Gasteiger partial charge in [-0.15, -0.1) is 0 Å². The Bertz CT molecular complexity index is 602. The maximum absolute atomic E-state index is 6.15. The molecule has 0 fully saturated rings. The van der Waals surface area contributed by atoms with Crippen molar-refractivity contribution in [1.29, 1.82) is 0 Å². The van der Waals surface area contributed by atoms with Crippen LogP contribution in [0.4, 0.5) is 0 Å². The molecule has 2 rings (SSSR count). The van der Waals surface area contributed by atoms with E-state index in [0.717, 1.165) is 25.7 Å². The lowest BCUT2D eigenvalue weighted by Crippen LogP contribution is -1.99. The highest BCUT2D eigenvalue weighted by atomic mass is 127. The highest BCUT2D eigenvalue weighted by Gasteiger charge is 2.11. The van der Waals surface area contributed by atoms with Crippen LogP contribution in [0.1, 0.15) is 18.2 Å². The first-order valence-corrected chi connectivity index (χ1v) is 7.76. The lowest BCUT2D eigenvalue weighted by molar-refractivity contribution is 0.989. The first-order valence-electron chi connectivity index (χ1n) is 5.51. The van der Waals surface area contributed by atoms with E-state index in [-0.39, 0.29) is 0 Å². The van der Waals surface area contributed by atoms with E-state index in [1.165, 1.54) is 5.56 Å². The lowest BCUT2D eigenvalue weighted by atomic mass is 10.1. The maximum atomic E-state index is 6.15. The molecular weight excluding hydrogens is 426 g/mol. The molecule has 0 bridgehead atoms. The van der Waals surface area contributed by atoms with Gasteiger partial charge in [0.05, 0.1) is 9.26 Å². The van der Waals surface area contributed by atoms with E-state index in [0.29, 0.717) is 11.0 Å². The van der Waals surface area contributed by atoms with Crippen LogP contribution in [0.5, 0.6) is 0 Å². The summed E-state index contributed by atoms with van der Waals surface area (Å²) in [6.07, 6.45) is 0.848. The number of hydrogen-bond donors (Lipinski definition) is 0. The minimum absolute atomic E-state index is 0.522. The molecule has 0 aliphatic carbocycles. The quantitative estimate of drug-likeness (QED) is 0.486. The minimum atomic E-state index is 0.522.